The van der Waals surface area contributed by atoms with Gasteiger partial charge in [-0.15, -0.1) is 0 Å². The predicted octanol–water partition coefficient (Wildman–Crippen LogP) is 1.32. The highest BCUT2D eigenvalue weighted by Gasteiger charge is 2.39. The lowest BCUT2D eigenvalue weighted by Crippen LogP contribution is -2.44. The van der Waals surface area contributed by atoms with Gasteiger partial charge >= 0.3 is 0 Å². The van der Waals surface area contributed by atoms with Crippen molar-refractivity contribution in [1.29, 1.82) is 0 Å². The van der Waals surface area contributed by atoms with Crippen LogP contribution in [0.5, 0.6) is 0 Å². The largest absolute Gasteiger partial charge is 0.342 e. The highest BCUT2D eigenvalue weighted by Crippen LogP contribution is 2.33. The van der Waals surface area contributed by atoms with Gasteiger partial charge in [-0.05, 0) is 45.4 Å². The maximum atomic E-state index is 13.0. The van der Waals surface area contributed by atoms with E-state index in [-0.39, 0.29) is 23.8 Å². The Hall–Kier alpha value is -1.92. The Bertz CT molecular complexity index is 681. The molecule has 2 amide bonds. The van der Waals surface area contributed by atoms with E-state index in [9.17, 15) is 9.59 Å². The number of aromatic nitrogens is 3. The number of piperidine rings is 1. The molecule has 0 N–H and O–H groups in total. The first-order valence-corrected chi connectivity index (χ1v) is 9.47. The third-order valence-electron chi connectivity index (χ3n) is 5.70. The fraction of sp³-hybridized carbons (Fsp3) is 0.778. The van der Waals surface area contributed by atoms with Crippen molar-refractivity contribution in [3.8, 4) is 0 Å². The van der Waals surface area contributed by atoms with Crippen LogP contribution in [-0.4, -0.2) is 62.6 Å². The molecule has 0 aromatic carbocycles. The van der Waals surface area contributed by atoms with E-state index in [0.717, 1.165) is 37.6 Å². The normalized spacial score (nSPS) is 27.2. The lowest BCUT2D eigenvalue weighted by Gasteiger charge is -2.34. The van der Waals surface area contributed by atoms with Crippen LogP contribution >= 0.6 is 0 Å². The van der Waals surface area contributed by atoms with E-state index < -0.39 is 0 Å². The molecule has 25 heavy (non-hydrogen) atoms. The van der Waals surface area contributed by atoms with Crippen molar-refractivity contribution in [3.63, 3.8) is 0 Å². The van der Waals surface area contributed by atoms with Crippen LogP contribution in [0.2, 0.25) is 0 Å². The molecular formula is C18H27N5O2. The molecule has 0 unspecified atom stereocenters. The summed E-state index contributed by atoms with van der Waals surface area (Å²) in [6, 6.07) is 0.193. The summed E-state index contributed by atoms with van der Waals surface area (Å²) < 4.78 is 1.97. The van der Waals surface area contributed by atoms with E-state index in [1.54, 1.807) is 0 Å². The summed E-state index contributed by atoms with van der Waals surface area (Å²) in [6.07, 6.45) is 4.83. The molecule has 2 aliphatic heterocycles. The van der Waals surface area contributed by atoms with Gasteiger partial charge in [-0.25, -0.2) is 9.67 Å². The second kappa shape index (κ2) is 6.42. The number of carbonyl (C=O) groups excluding carboxylic acids is 2. The van der Waals surface area contributed by atoms with Gasteiger partial charge in [0.15, 0.2) is 0 Å². The average molecular weight is 345 g/mol. The van der Waals surface area contributed by atoms with Crippen molar-refractivity contribution < 1.29 is 9.59 Å². The maximum absolute atomic E-state index is 13.0. The number of likely N-dealkylation sites (tertiary alicyclic amines) is 2. The molecule has 0 bridgehead atoms. The zero-order valence-corrected chi connectivity index (χ0v) is 15.1. The molecule has 2 saturated heterocycles. The topological polar surface area (TPSA) is 71.3 Å². The number of carbonyl (C=O) groups is 2. The molecule has 0 radical (unpaired) electrons. The molecule has 1 saturated carbocycles. The summed E-state index contributed by atoms with van der Waals surface area (Å²) in [4.78, 5) is 33.4. The van der Waals surface area contributed by atoms with Gasteiger partial charge in [0.2, 0.25) is 11.8 Å². The van der Waals surface area contributed by atoms with Gasteiger partial charge < -0.3 is 9.80 Å². The summed E-state index contributed by atoms with van der Waals surface area (Å²) >= 11 is 0. The molecule has 2 atom stereocenters. The van der Waals surface area contributed by atoms with Crippen LogP contribution in [0.25, 0.3) is 0 Å². The Kier molecular flexibility index (Phi) is 4.25. The zero-order valence-electron chi connectivity index (χ0n) is 15.1. The van der Waals surface area contributed by atoms with Crippen molar-refractivity contribution in [2.24, 2.45) is 11.8 Å². The van der Waals surface area contributed by atoms with E-state index in [4.69, 9.17) is 0 Å². The Labute approximate surface area is 148 Å². The number of hydrogen-bond donors (Lipinski definition) is 0. The number of nitrogens with zero attached hydrogens (tertiary/aromatic N) is 5. The fourth-order valence-electron chi connectivity index (χ4n) is 4.22. The summed E-state index contributed by atoms with van der Waals surface area (Å²) in [6.45, 7) is 6.78. The summed E-state index contributed by atoms with van der Waals surface area (Å²) in [5.74, 6) is 2.49. The zero-order chi connectivity index (χ0) is 17.6. The van der Waals surface area contributed by atoms with Crippen LogP contribution in [0.4, 0.5) is 0 Å². The molecule has 0 spiro atoms. The van der Waals surface area contributed by atoms with Crippen molar-refractivity contribution in [2.45, 2.75) is 52.0 Å². The van der Waals surface area contributed by atoms with Crippen molar-refractivity contribution in [3.05, 3.63) is 11.6 Å². The average Bonchev–Trinajstić information content (AvgIpc) is 3.24. The van der Waals surface area contributed by atoms with E-state index in [2.05, 4.69) is 10.1 Å². The number of amides is 2. The Morgan fingerprint density at radius 3 is 2.68 bits per heavy atom. The summed E-state index contributed by atoms with van der Waals surface area (Å²) in [5.41, 5.74) is 0. The molecule has 1 aliphatic carbocycles. The van der Waals surface area contributed by atoms with Gasteiger partial charge in [0, 0.05) is 32.6 Å². The first kappa shape index (κ1) is 16.5. The molecule has 4 rings (SSSR count). The van der Waals surface area contributed by atoms with Crippen LogP contribution < -0.4 is 0 Å². The fourth-order valence-corrected chi connectivity index (χ4v) is 4.22. The van der Waals surface area contributed by atoms with Crippen LogP contribution in [0.1, 0.15) is 49.8 Å². The van der Waals surface area contributed by atoms with Gasteiger partial charge in [0.05, 0.1) is 12.0 Å². The number of rotatable bonds is 4. The minimum atomic E-state index is -0.163. The van der Waals surface area contributed by atoms with Crippen LogP contribution in [-0.2, 0) is 9.59 Å². The van der Waals surface area contributed by atoms with E-state index in [0.29, 0.717) is 25.4 Å². The van der Waals surface area contributed by atoms with Gasteiger partial charge in [-0.3, -0.25) is 9.59 Å². The maximum Gasteiger partial charge on any atom is 0.228 e. The molecule has 3 fully saturated rings. The molecule has 3 aliphatic rings. The molecule has 1 aromatic rings. The van der Waals surface area contributed by atoms with Crippen molar-refractivity contribution in [1.82, 2.24) is 24.6 Å². The molecular weight excluding hydrogens is 318 g/mol. The molecule has 136 valence electrons. The summed E-state index contributed by atoms with van der Waals surface area (Å²) in [5, 5.41) is 4.49. The standard InChI is InChI=1S/C18H27N5O2/c1-12-19-13(2)23(20-12)16-4-3-7-21(11-16)18(25)15-8-17(24)22(10-15)9-14-5-6-14/h14-16H,3-11H2,1-2H3/t15-,16+/m1/s1. The van der Waals surface area contributed by atoms with Crippen LogP contribution in [0.15, 0.2) is 0 Å². The predicted molar refractivity (Wildman–Crippen MR) is 91.8 cm³/mol. The SMILES string of the molecule is Cc1nc(C)n([C@H]2CCCN(C(=O)[C@@H]3CC(=O)N(CC4CC4)C3)C2)n1. The Morgan fingerprint density at radius 2 is 2.00 bits per heavy atom. The van der Waals surface area contributed by atoms with Crippen molar-refractivity contribution in [2.75, 3.05) is 26.2 Å². The Morgan fingerprint density at radius 1 is 1.20 bits per heavy atom. The van der Waals surface area contributed by atoms with Crippen LogP contribution in [0.3, 0.4) is 0 Å². The van der Waals surface area contributed by atoms with E-state index in [1.807, 2.05) is 28.3 Å². The minimum absolute atomic E-state index is 0.144. The lowest BCUT2D eigenvalue weighted by molar-refractivity contribution is -0.137. The second-order valence-corrected chi connectivity index (χ2v) is 7.87. The van der Waals surface area contributed by atoms with Crippen molar-refractivity contribution >= 4 is 11.8 Å². The molecule has 7 nitrogen and oxygen atoms in total. The van der Waals surface area contributed by atoms with E-state index in [1.165, 1.54) is 12.8 Å². The monoisotopic (exact) mass is 345 g/mol. The van der Waals surface area contributed by atoms with Crippen LogP contribution in [0, 0.1) is 25.7 Å². The lowest BCUT2D eigenvalue weighted by atomic mass is 10.0. The van der Waals surface area contributed by atoms with Gasteiger partial charge in [0.1, 0.15) is 11.6 Å². The third-order valence-corrected chi connectivity index (χ3v) is 5.70. The Balaban J connectivity index is 1.40. The highest BCUT2D eigenvalue weighted by molar-refractivity contribution is 5.89. The third kappa shape index (κ3) is 3.41. The smallest absolute Gasteiger partial charge is 0.228 e. The first-order valence-electron chi connectivity index (χ1n) is 9.47. The van der Waals surface area contributed by atoms with E-state index >= 15 is 0 Å². The molecule has 3 heterocycles. The number of hydrogen-bond acceptors (Lipinski definition) is 4. The quantitative estimate of drug-likeness (QED) is 0.825. The number of aryl methyl sites for hydroxylation is 2. The molecule has 1 aromatic heterocycles. The molecule has 7 heteroatoms. The minimum Gasteiger partial charge on any atom is -0.342 e. The summed E-state index contributed by atoms with van der Waals surface area (Å²) in [7, 11) is 0. The highest BCUT2D eigenvalue weighted by atomic mass is 16.2. The first-order chi connectivity index (χ1) is 12.0. The second-order valence-electron chi connectivity index (χ2n) is 7.87. The van der Waals surface area contributed by atoms with Gasteiger partial charge in [-0.2, -0.15) is 5.10 Å². The van der Waals surface area contributed by atoms with Gasteiger partial charge in [-0.1, -0.05) is 0 Å². The van der Waals surface area contributed by atoms with Gasteiger partial charge in [0.25, 0.3) is 0 Å².